The summed E-state index contributed by atoms with van der Waals surface area (Å²) in [6.45, 7) is 7.73. The molecule has 0 aromatic heterocycles. The third kappa shape index (κ3) is 4.24. The fraction of sp³-hybridized carbons (Fsp3) is 0.611. The van der Waals surface area contributed by atoms with Crippen LogP contribution in [0.1, 0.15) is 38.3 Å². The Bertz CT molecular complexity index is 525. The second kappa shape index (κ2) is 7.32. The molecule has 2 aliphatic rings. The van der Waals surface area contributed by atoms with Crippen LogP contribution in [-0.4, -0.2) is 43.8 Å². The summed E-state index contributed by atoms with van der Waals surface area (Å²) >= 11 is 0. The Morgan fingerprint density at radius 2 is 2.04 bits per heavy atom. The molecule has 1 saturated heterocycles. The Hall–Kier alpha value is -1.59. The molecule has 0 radical (unpaired) electrons. The fourth-order valence-electron chi connectivity index (χ4n) is 3.33. The molecule has 3 rings (SSSR count). The molecule has 0 saturated carbocycles. The molecule has 1 aromatic rings. The topological polar surface area (TPSA) is 57.7 Å². The number of hydrogen-bond donors (Lipinski definition) is 3. The van der Waals surface area contributed by atoms with Gasteiger partial charge in [0.05, 0.1) is 6.54 Å². The van der Waals surface area contributed by atoms with Crippen molar-refractivity contribution in [2.75, 3.05) is 26.3 Å². The zero-order chi connectivity index (χ0) is 16.1. The Kier molecular flexibility index (Phi) is 5.18. The molecule has 3 N–H and O–H groups in total. The molecule has 5 heteroatoms. The van der Waals surface area contributed by atoms with Gasteiger partial charge in [-0.1, -0.05) is 30.3 Å². The number of nitrogens with one attached hydrogen (secondary N) is 3. The van der Waals surface area contributed by atoms with Gasteiger partial charge in [-0.2, -0.15) is 0 Å². The summed E-state index contributed by atoms with van der Waals surface area (Å²) in [5, 5.41) is 10.7. The highest BCUT2D eigenvalue weighted by atomic mass is 16.5. The number of ether oxygens (including phenoxy) is 1. The molecule has 2 unspecified atom stereocenters. The van der Waals surface area contributed by atoms with Gasteiger partial charge in [0.2, 0.25) is 0 Å². The summed E-state index contributed by atoms with van der Waals surface area (Å²) in [4.78, 5) is 4.50. The van der Waals surface area contributed by atoms with Crippen LogP contribution in [0.15, 0.2) is 35.3 Å². The van der Waals surface area contributed by atoms with Crippen molar-refractivity contribution >= 4 is 5.96 Å². The normalized spacial score (nSPS) is 24.6. The lowest BCUT2D eigenvalue weighted by Gasteiger charge is -2.40. The van der Waals surface area contributed by atoms with Crippen molar-refractivity contribution in [2.24, 2.45) is 4.99 Å². The van der Waals surface area contributed by atoms with Crippen molar-refractivity contribution in [3.63, 3.8) is 0 Å². The maximum absolute atomic E-state index is 5.59. The minimum atomic E-state index is 0.0452. The van der Waals surface area contributed by atoms with Gasteiger partial charge in [0, 0.05) is 37.4 Å². The molecule has 2 atom stereocenters. The Labute approximate surface area is 138 Å². The molecule has 1 fully saturated rings. The van der Waals surface area contributed by atoms with Crippen molar-refractivity contribution in [1.82, 2.24) is 16.0 Å². The van der Waals surface area contributed by atoms with E-state index < -0.39 is 0 Å². The molecule has 2 heterocycles. The van der Waals surface area contributed by atoms with Gasteiger partial charge in [0.1, 0.15) is 0 Å². The number of hydrogen-bond acceptors (Lipinski definition) is 5. The van der Waals surface area contributed by atoms with Crippen molar-refractivity contribution in [3.05, 3.63) is 35.9 Å². The van der Waals surface area contributed by atoms with E-state index in [-0.39, 0.29) is 5.54 Å². The first-order valence-corrected chi connectivity index (χ1v) is 8.62. The zero-order valence-electron chi connectivity index (χ0n) is 14.1. The van der Waals surface area contributed by atoms with Gasteiger partial charge in [0.25, 0.3) is 0 Å². The van der Waals surface area contributed by atoms with Crippen molar-refractivity contribution in [3.8, 4) is 0 Å². The van der Waals surface area contributed by atoms with E-state index in [2.05, 4.69) is 65.1 Å². The van der Waals surface area contributed by atoms with Crippen molar-refractivity contribution in [2.45, 2.75) is 44.3 Å². The molecular weight excluding hydrogens is 288 g/mol. The van der Waals surface area contributed by atoms with Gasteiger partial charge in [-0.3, -0.25) is 4.99 Å². The van der Waals surface area contributed by atoms with Crippen LogP contribution in [0.5, 0.6) is 0 Å². The van der Waals surface area contributed by atoms with Crippen LogP contribution in [0, 0.1) is 0 Å². The lowest BCUT2D eigenvalue weighted by Crippen LogP contribution is -2.58. The van der Waals surface area contributed by atoms with Gasteiger partial charge in [-0.15, -0.1) is 0 Å². The third-order valence-electron chi connectivity index (χ3n) is 4.77. The first-order valence-electron chi connectivity index (χ1n) is 8.62. The van der Waals surface area contributed by atoms with E-state index in [1.165, 1.54) is 5.56 Å². The quantitative estimate of drug-likeness (QED) is 0.776. The largest absolute Gasteiger partial charge is 0.381 e. The van der Waals surface area contributed by atoms with Crippen molar-refractivity contribution in [1.29, 1.82) is 0 Å². The van der Waals surface area contributed by atoms with Gasteiger partial charge in [0.15, 0.2) is 5.96 Å². The van der Waals surface area contributed by atoms with Crippen LogP contribution >= 0.6 is 0 Å². The SMILES string of the molecule is CC1CN=C(NCC2(NC(C)c3ccccc3)CCOCC2)N1. The number of nitrogens with zero attached hydrogens (tertiary/aromatic N) is 1. The standard InChI is InChI=1S/C18H28N4O/c1-14-12-19-17(21-14)20-13-18(8-10-23-11-9-18)22-15(2)16-6-4-3-5-7-16/h3-7,14-15,22H,8-13H2,1-2H3,(H2,19,20,21). The average Bonchev–Trinajstić information content (AvgIpc) is 3.00. The van der Waals surface area contributed by atoms with Crippen LogP contribution in [0.3, 0.4) is 0 Å². The molecule has 1 aromatic carbocycles. The third-order valence-corrected chi connectivity index (χ3v) is 4.77. The summed E-state index contributed by atoms with van der Waals surface area (Å²) in [6, 6.07) is 11.4. The number of benzene rings is 1. The molecular formula is C18H28N4O. The van der Waals surface area contributed by atoms with Crippen LogP contribution in [0.4, 0.5) is 0 Å². The molecule has 5 nitrogen and oxygen atoms in total. The summed E-state index contributed by atoms with van der Waals surface area (Å²) < 4.78 is 5.59. The second-order valence-electron chi connectivity index (χ2n) is 6.76. The molecule has 0 spiro atoms. The summed E-state index contributed by atoms with van der Waals surface area (Å²) in [7, 11) is 0. The Morgan fingerprint density at radius 3 is 2.70 bits per heavy atom. The van der Waals surface area contributed by atoms with E-state index in [1.807, 2.05) is 0 Å². The summed E-state index contributed by atoms with van der Waals surface area (Å²) in [5.41, 5.74) is 1.37. The highest BCUT2D eigenvalue weighted by Gasteiger charge is 2.34. The molecule has 0 aliphatic carbocycles. The second-order valence-corrected chi connectivity index (χ2v) is 6.76. The van der Waals surface area contributed by atoms with E-state index in [0.717, 1.165) is 45.1 Å². The number of guanidine groups is 1. The lowest BCUT2D eigenvalue weighted by molar-refractivity contribution is 0.0355. The van der Waals surface area contributed by atoms with E-state index in [0.29, 0.717) is 12.1 Å². The first kappa shape index (κ1) is 16.3. The first-order chi connectivity index (χ1) is 11.2. The lowest BCUT2D eigenvalue weighted by atomic mass is 9.88. The molecule has 0 bridgehead atoms. The van der Waals surface area contributed by atoms with Crippen molar-refractivity contribution < 1.29 is 4.74 Å². The summed E-state index contributed by atoms with van der Waals surface area (Å²) in [6.07, 6.45) is 2.03. The molecule has 23 heavy (non-hydrogen) atoms. The van der Waals surface area contributed by atoms with Gasteiger partial charge in [-0.25, -0.2) is 0 Å². The van der Waals surface area contributed by atoms with Gasteiger partial charge < -0.3 is 20.7 Å². The molecule has 0 amide bonds. The average molecular weight is 316 g/mol. The maximum atomic E-state index is 5.59. The van der Waals surface area contributed by atoms with Crippen LogP contribution in [-0.2, 0) is 4.74 Å². The van der Waals surface area contributed by atoms with E-state index >= 15 is 0 Å². The Balaban J connectivity index is 1.64. The van der Waals surface area contributed by atoms with Gasteiger partial charge >= 0.3 is 0 Å². The molecule has 2 aliphatic heterocycles. The molecule has 126 valence electrons. The van der Waals surface area contributed by atoms with E-state index in [4.69, 9.17) is 4.74 Å². The number of rotatable bonds is 5. The smallest absolute Gasteiger partial charge is 0.191 e. The highest BCUT2D eigenvalue weighted by molar-refractivity contribution is 5.81. The summed E-state index contributed by atoms with van der Waals surface area (Å²) in [5.74, 6) is 0.928. The highest BCUT2D eigenvalue weighted by Crippen LogP contribution is 2.25. The fourth-order valence-corrected chi connectivity index (χ4v) is 3.33. The zero-order valence-corrected chi connectivity index (χ0v) is 14.1. The predicted molar refractivity (Wildman–Crippen MR) is 93.7 cm³/mol. The van der Waals surface area contributed by atoms with E-state index in [1.54, 1.807) is 0 Å². The van der Waals surface area contributed by atoms with Crippen LogP contribution in [0.25, 0.3) is 0 Å². The van der Waals surface area contributed by atoms with Crippen LogP contribution in [0.2, 0.25) is 0 Å². The monoisotopic (exact) mass is 316 g/mol. The Morgan fingerprint density at radius 1 is 1.30 bits per heavy atom. The predicted octanol–water partition coefficient (Wildman–Crippen LogP) is 1.82. The number of aliphatic imine (C=N–C) groups is 1. The van der Waals surface area contributed by atoms with E-state index in [9.17, 15) is 0 Å². The minimum absolute atomic E-state index is 0.0452. The maximum Gasteiger partial charge on any atom is 0.191 e. The van der Waals surface area contributed by atoms with Crippen LogP contribution < -0.4 is 16.0 Å². The van der Waals surface area contributed by atoms with Gasteiger partial charge in [-0.05, 0) is 32.3 Å². The minimum Gasteiger partial charge on any atom is -0.381 e.